The van der Waals surface area contributed by atoms with Crippen LogP contribution in [0.5, 0.6) is 11.5 Å². The van der Waals surface area contributed by atoms with Gasteiger partial charge in [0.2, 0.25) is 0 Å². The highest BCUT2D eigenvalue weighted by atomic mass is 16.5. The van der Waals surface area contributed by atoms with Gasteiger partial charge in [-0.15, -0.1) is 6.58 Å². The van der Waals surface area contributed by atoms with Crippen molar-refractivity contribution in [1.82, 2.24) is 4.90 Å². The van der Waals surface area contributed by atoms with Gasteiger partial charge in [0.1, 0.15) is 23.2 Å². The van der Waals surface area contributed by atoms with Gasteiger partial charge >= 0.3 is 11.6 Å². The Morgan fingerprint density at radius 2 is 1.83 bits per heavy atom. The zero-order chi connectivity index (χ0) is 25.8. The molecule has 0 unspecified atom stereocenters. The third-order valence-electron chi connectivity index (χ3n) is 6.48. The van der Waals surface area contributed by atoms with E-state index < -0.39 is 11.6 Å². The van der Waals surface area contributed by atoms with Crippen molar-refractivity contribution in [3.63, 3.8) is 0 Å². The molecule has 3 aromatic rings. The molecule has 188 valence electrons. The monoisotopic (exact) mass is 489 g/mol. The highest BCUT2D eigenvalue weighted by Gasteiger charge is 2.21. The molecular formula is C29H31NO6. The maximum Gasteiger partial charge on any atom is 0.339 e. The molecule has 1 aromatic heterocycles. The maximum atomic E-state index is 13.0. The summed E-state index contributed by atoms with van der Waals surface area (Å²) in [5.74, 6) is 0.424. The van der Waals surface area contributed by atoms with E-state index in [9.17, 15) is 14.4 Å². The predicted molar refractivity (Wildman–Crippen MR) is 138 cm³/mol. The van der Waals surface area contributed by atoms with Crippen molar-refractivity contribution < 1.29 is 23.5 Å². The summed E-state index contributed by atoms with van der Waals surface area (Å²) in [4.78, 5) is 39.5. The molecule has 4 rings (SSSR count). The van der Waals surface area contributed by atoms with Crippen molar-refractivity contribution in [2.75, 3.05) is 20.1 Å². The predicted octanol–water partition coefficient (Wildman–Crippen LogP) is 4.65. The van der Waals surface area contributed by atoms with Crippen molar-refractivity contribution in [2.45, 2.75) is 45.6 Å². The van der Waals surface area contributed by atoms with Crippen LogP contribution in [0.25, 0.3) is 11.0 Å². The second-order valence-corrected chi connectivity index (χ2v) is 9.30. The molecule has 1 saturated heterocycles. The maximum absolute atomic E-state index is 13.0. The number of benzene rings is 2. The minimum Gasteiger partial charge on any atom is -0.490 e. The lowest BCUT2D eigenvalue weighted by molar-refractivity contribution is -0.131. The van der Waals surface area contributed by atoms with Gasteiger partial charge in [-0.1, -0.05) is 6.08 Å². The average Bonchev–Trinajstić information content (AvgIpc) is 2.84. The molecule has 0 saturated carbocycles. The number of hydrogen-bond acceptors (Lipinski definition) is 7. The fourth-order valence-electron chi connectivity index (χ4n) is 4.48. The molecule has 1 fully saturated rings. The third kappa shape index (κ3) is 5.74. The molecule has 0 bridgehead atoms. The Hall–Kier alpha value is -3.71. The second-order valence-electron chi connectivity index (χ2n) is 9.30. The molecule has 0 amide bonds. The van der Waals surface area contributed by atoms with E-state index >= 15 is 0 Å². The molecule has 7 nitrogen and oxygen atoms in total. The highest BCUT2D eigenvalue weighted by Crippen LogP contribution is 2.29. The number of rotatable bonds is 8. The van der Waals surface area contributed by atoms with Gasteiger partial charge in [-0.05, 0) is 75.2 Å². The molecule has 0 radical (unpaired) electrons. The lowest BCUT2D eigenvalue weighted by Gasteiger charge is -2.29. The Morgan fingerprint density at radius 3 is 2.53 bits per heavy atom. The molecular weight excluding hydrogens is 458 g/mol. The van der Waals surface area contributed by atoms with Crippen LogP contribution in [0.2, 0.25) is 0 Å². The molecule has 7 heteroatoms. The van der Waals surface area contributed by atoms with Gasteiger partial charge in [-0.2, -0.15) is 0 Å². The van der Waals surface area contributed by atoms with Gasteiger partial charge in [0, 0.05) is 48.5 Å². The summed E-state index contributed by atoms with van der Waals surface area (Å²) in [7, 11) is 2.10. The number of ketones is 1. The molecule has 0 aliphatic carbocycles. The van der Waals surface area contributed by atoms with Crippen molar-refractivity contribution in [2.24, 2.45) is 0 Å². The van der Waals surface area contributed by atoms with Crippen LogP contribution in [0.1, 0.15) is 46.8 Å². The number of likely N-dealkylation sites (tertiary alicyclic amines) is 1. The number of carbonyl (C=O) groups is 2. The van der Waals surface area contributed by atoms with Gasteiger partial charge in [0.15, 0.2) is 5.78 Å². The van der Waals surface area contributed by atoms with Crippen molar-refractivity contribution in [3.8, 4) is 11.5 Å². The molecule has 1 aliphatic heterocycles. The number of esters is 1. The number of allylic oxidation sites excluding steroid dienone is 1. The molecule has 2 heterocycles. The van der Waals surface area contributed by atoms with E-state index in [1.54, 1.807) is 30.3 Å². The fraction of sp³-hybridized carbons (Fsp3) is 0.345. The zero-order valence-electron chi connectivity index (χ0n) is 21.0. The van der Waals surface area contributed by atoms with Crippen molar-refractivity contribution in [3.05, 3.63) is 81.7 Å². The third-order valence-corrected chi connectivity index (χ3v) is 6.48. The summed E-state index contributed by atoms with van der Waals surface area (Å²) in [6.07, 6.45) is 4.04. The zero-order valence-corrected chi connectivity index (χ0v) is 21.0. The molecule has 2 aromatic carbocycles. The fourth-order valence-corrected chi connectivity index (χ4v) is 4.48. The summed E-state index contributed by atoms with van der Waals surface area (Å²) >= 11 is 0. The van der Waals surface area contributed by atoms with Crippen LogP contribution in [-0.4, -0.2) is 42.9 Å². The lowest BCUT2D eigenvalue weighted by Crippen LogP contribution is -2.35. The summed E-state index contributed by atoms with van der Waals surface area (Å²) in [6.45, 7) is 8.90. The number of ether oxygens (including phenoxy) is 2. The van der Waals surface area contributed by atoms with E-state index in [2.05, 4.69) is 18.5 Å². The quantitative estimate of drug-likeness (QED) is 0.150. The van der Waals surface area contributed by atoms with Gasteiger partial charge < -0.3 is 18.8 Å². The van der Waals surface area contributed by atoms with Crippen LogP contribution in [0.15, 0.2) is 58.3 Å². The highest BCUT2D eigenvalue weighted by molar-refractivity contribution is 5.98. The topological polar surface area (TPSA) is 86.1 Å². The second kappa shape index (κ2) is 10.9. The average molecular weight is 490 g/mol. The van der Waals surface area contributed by atoms with E-state index in [0.29, 0.717) is 34.6 Å². The van der Waals surface area contributed by atoms with Crippen molar-refractivity contribution >= 4 is 22.7 Å². The lowest BCUT2D eigenvalue weighted by atomic mass is 9.99. The normalized spacial score (nSPS) is 14.5. The molecule has 1 aliphatic rings. The van der Waals surface area contributed by atoms with Gasteiger partial charge in [-0.25, -0.2) is 4.79 Å². The van der Waals surface area contributed by atoms with Crippen LogP contribution in [-0.2, 0) is 17.6 Å². The van der Waals surface area contributed by atoms with Crippen LogP contribution in [0.3, 0.4) is 0 Å². The number of piperidine rings is 1. The summed E-state index contributed by atoms with van der Waals surface area (Å²) in [6, 6.07) is 10.3. The van der Waals surface area contributed by atoms with E-state index in [1.165, 1.54) is 6.92 Å². The number of fused-ring (bicyclic) bond motifs is 1. The van der Waals surface area contributed by atoms with Crippen LogP contribution < -0.4 is 15.1 Å². The van der Waals surface area contributed by atoms with Gasteiger partial charge in [0.05, 0.1) is 0 Å². The Labute approximate surface area is 210 Å². The first-order valence-corrected chi connectivity index (χ1v) is 12.1. The summed E-state index contributed by atoms with van der Waals surface area (Å²) in [5, 5.41) is 0.739. The van der Waals surface area contributed by atoms with E-state index in [1.807, 2.05) is 19.1 Å². The largest absolute Gasteiger partial charge is 0.490 e. The van der Waals surface area contributed by atoms with E-state index in [0.717, 1.165) is 36.9 Å². The SMILES string of the molecule is C=CCc1cc(C(=O)Cc2cc3ccc(OC4CCN(C)CC4)c(C)c3oc2=O)ccc1OC(C)=O. The van der Waals surface area contributed by atoms with Gasteiger partial charge in [-0.3, -0.25) is 9.59 Å². The number of carbonyl (C=O) groups excluding carboxylic acids is 2. The van der Waals surface area contributed by atoms with Crippen LogP contribution >= 0.6 is 0 Å². The van der Waals surface area contributed by atoms with E-state index in [-0.39, 0.29) is 23.9 Å². The van der Waals surface area contributed by atoms with Gasteiger partial charge in [0.25, 0.3) is 0 Å². The number of Topliss-reactive ketones (excluding diaryl/α,β-unsaturated/α-hetero) is 1. The first-order chi connectivity index (χ1) is 17.2. The number of aryl methyl sites for hydroxylation is 1. The Morgan fingerprint density at radius 1 is 1.11 bits per heavy atom. The Balaban J connectivity index is 1.56. The summed E-state index contributed by atoms with van der Waals surface area (Å²) in [5.41, 5.74) is 2.07. The molecule has 0 N–H and O–H groups in total. The van der Waals surface area contributed by atoms with Crippen LogP contribution in [0, 0.1) is 6.92 Å². The molecule has 0 atom stereocenters. The first-order valence-electron chi connectivity index (χ1n) is 12.1. The van der Waals surface area contributed by atoms with Crippen LogP contribution in [0.4, 0.5) is 0 Å². The first kappa shape index (κ1) is 25.4. The molecule has 0 spiro atoms. The number of hydrogen-bond donors (Lipinski definition) is 0. The smallest absolute Gasteiger partial charge is 0.339 e. The summed E-state index contributed by atoms with van der Waals surface area (Å²) < 4.78 is 17.1. The van der Waals surface area contributed by atoms with E-state index in [4.69, 9.17) is 13.9 Å². The number of nitrogens with zero attached hydrogens (tertiary/aromatic N) is 1. The minimum absolute atomic E-state index is 0.106. The Kier molecular flexibility index (Phi) is 7.70. The minimum atomic E-state index is -0.543. The standard InChI is InChI=1S/C29H31NO6/c1-5-6-21-15-20(7-10-27(21)34-19(3)31)25(32)17-23-16-22-8-9-26(18(2)28(22)36-29(23)33)35-24-11-13-30(4)14-12-24/h5,7-10,15-16,24H,1,6,11-14,17H2,2-4H3. The molecule has 36 heavy (non-hydrogen) atoms. The van der Waals surface area contributed by atoms with Crippen molar-refractivity contribution in [1.29, 1.82) is 0 Å². The Bertz CT molecular complexity index is 1360.